The summed E-state index contributed by atoms with van der Waals surface area (Å²) < 4.78 is 0. The number of carboxylic acids is 1. The number of benzene rings is 1. The Labute approximate surface area is 116 Å². The van der Waals surface area contributed by atoms with Crippen molar-refractivity contribution in [2.75, 3.05) is 19.6 Å². The molecule has 0 aromatic heterocycles. The Balaban J connectivity index is 2.17. The molecular formula is C14H16N2O4. The monoisotopic (exact) mass is 276 g/mol. The number of amides is 2. The van der Waals surface area contributed by atoms with Gasteiger partial charge in [-0.1, -0.05) is 18.2 Å². The normalized spacial score (nSPS) is 15.7. The minimum absolute atomic E-state index is 0.143. The molecular weight excluding hydrogens is 260 g/mol. The highest BCUT2D eigenvalue weighted by Crippen LogP contribution is 2.14. The molecule has 1 aliphatic rings. The van der Waals surface area contributed by atoms with Crippen LogP contribution in [-0.2, 0) is 16.1 Å². The molecule has 2 rings (SSSR count). The van der Waals surface area contributed by atoms with Crippen molar-refractivity contribution >= 4 is 17.8 Å². The predicted molar refractivity (Wildman–Crippen MR) is 71.1 cm³/mol. The average molecular weight is 276 g/mol. The molecule has 0 bridgehead atoms. The zero-order valence-corrected chi connectivity index (χ0v) is 11.2. The molecule has 1 aliphatic heterocycles. The molecule has 1 fully saturated rings. The third kappa shape index (κ3) is 2.64. The van der Waals surface area contributed by atoms with Crippen LogP contribution in [0.15, 0.2) is 24.3 Å². The van der Waals surface area contributed by atoms with E-state index in [1.807, 2.05) is 6.92 Å². The molecule has 0 aliphatic carbocycles. The van der Waals surface area contributed by atoms with Gasteiger partial charge < -0.3 is 14.9 Å². The number of hydrogen-bond acceptors (Lipinski definition) is 3. The maximum absolute atomic E-state index is 12.0. The van der Waals surface area contributed by atoms with Gasteiger partial charge in [0, 0.05) is 26.2 Å². The van der Waals surface area contributed by atoms with E-state index in [4.69, 9.17) is 5.11 Å². The van der Waals surface area contributed by atoms with E-state index >= 15 is 0 Å². The van der Waals surface area contributed by atoms with Crippen LogP contribution in [0.2, 0.25) is 0 Å². The van der Waals surface area contributed by atoms with Crippen molar-refractivity contribution in [2.24, 2.45) is 0 Å². The number of carbonyl (C=O) groups is 3. The molecule has 2 amide bonds. The Hall–Kier alpha value is -2.37. The summed E-state index contributed by atoms with van der Waals surface area (Å²) in [6, 6.07) is 6.50. The summed E-state index contributed by atoms with van der Waals surface area (Å²) in [5, 5.41) is 9.11. The van der Waals surface area contributed by atoms with Gasteiger partial charge >= 0.3 is 17.8 Å². The van der Waals surface area contributed by atoms with Gasteiger partial charge in [-0.25, -0.2) is 4.79 Å². The van der Waals surface area contributed by atoms with Crippen LogP contribution in [0, 0.1) is 0 Å². The Morgan fingerprint density at radius 2 is 1.75 bits per heavy atom. The zero-order chi connectivity index (χ0) is 14.7. The van der Waals surface area contributed by atoms with Crippen LogP contribution in [0.25, 0.3) is 0 Å². The van der Waals surface area contributed by atoms with Gasteiger partial charge in [0.1, 0.15) is 0 Å². The van der Waals surface area contributed by atoms with Crippen LogP contribution in [0.4, 0.5) is 0 Å². The number of nitrogens with zero attached hydrogens (tertiary/aromatic N) is 2. The van der Waals surface area contributed by atoms with Crippen molar-refractivity contribution < 1.29 is 19.5 Å². The molecule has 6 nitrogen and oxygen atoms in total. The van der Waals surface area contributed by atoms with Crippen molar-refractivity contribution in [3.05, 3.63) is 35.4 Å². The number of carboxylic acid groups (broad SMARTS) is 1. The lowest BCUT2D eigenvalue weighted by molar-refractivity contribution is -0.156. The van der Waals surface area contributed by atoms with Gasteiger partial charge in [0.15, 0.2) is 0 Å². The lowest BCUT2D eigenvalue weighted by Gasteiger charge is -2.33. The van der Waals surface area contributed by atoms with Crippen molar-refractivity contribution in [1.29, 1.82) is 0 Å². The van der Waals surface area contributed by atoms with Crippen molar-refractivity contribution in [2.45, 2.75) is 13.5 Å². The molecule has 0 spiro atoms. The minimum Gasteiger partial charge on any atom is -0.478 e. The summed E-state index contributed by atoms with van der Waals surface area (Å²) in [5.74, 6) is -2.13. The molecule has 1 saturated heterocycles. The van der Waals surface area contributed by atoms with Gasteiger partial charge in [-0.2, -0.15) is 0 Å². The van der Waals surface area contributed by atoms with E-state index in [0.717, 1.165) is 0 Å². The average Bonchev–Trinajstić information content (AvgIpc) is 2.44. The first-order valence-corrected chi connectivity index (χ1v) is 6.44. The number of piperazine rings is 1. The Bertz CT molecular complexity index is 556. The maximum atomic E-state index is 12.0. The predicted octanol–water partition coefficient (Wildman–Crippen LogP) is 0.575. The second-order valence-electron chi connectivity index (χ2n) is 4.57. The third-order valence-electron chi connectivity index (χ3n) is 3.39. The molecule has 106 valence electrons. The van der Waals surface area contributed by atoms with Gasteiger partial charge in [-0.15, -0.1) is 0 Å². The summed E-state index contributed by atoms with van der Waals surface area (Å²) in [6.45, 7) is 3.37. The second-order valence-corrected chi connectivity index (χ2v) is 4.57. The van der Waals surface area contributed by atoms with Crippen LogP contribution >= 0.6 is 0 Å². The van der Waals surface area contributed by atoms with Crippen LogP contribution in [-0.4, -0.2) is 52.3 Å². The third-order valence-corrected chi connectivity index (χ3v) is 3.39. The number of aromatic carboxylic acids is 1. The van der Waals surface area contributed by atoms with Crippen molar-refractivity contribution in [1.82, 2.24) is 9.80 Å². The molecule has 0 atom stereocenters. The Kier molecular flexibility index (Phi) is 4.02. The van der Waals surface area contributed by atoms with E-state index in [2.05, 4.69) is 0 Å². The molecule has 1 heterocycles. The molecule has 1 aromatic rings. The quantitative estimate of drug-likeness (QED) is 0.816. The van der Waals surface area contributed by atoms with E-state index in [-0.39, 0.29) is 12.1 Å². The van der Waals surface area contributed by atoms with Gasteiger partial charge in [0.05, 0.1) is 5.56 Å². The molecule has 0 unspecified atom stereocenters. The molecule has 0 saturated carbocycles. The lowest BCUT2D eigenvalue weighted by atomic mass is 10.1. The SMILES string of the molecule is CCN1CCN(Cc2ccccc2C(=O)O)C(=O)C1=O. The summed E-state index contributed by atoms with van der Waals surface area (Å²) in [6.07, 6.45) is 0. The number of hydrogen-bond donors (Lipinski definition) is 1. The van der Waals surface area contributed by atoms with Gasteiger partial charge in [-0.05, 0) is 18.6 Å². The van der Waals surface area contributed by atoms with E-state index in [1.54, 1.807) is 18.2 Å². The van der Waals surface area contributed by atoms with Gasteiger partial charge in [0.2, 0.25) is 0 Å². The summed E-state index contributed by atoms with van der Waals surface area (Å²) in [4.78, 5) is 37.8. The van der Waals surface area contributed by atoms with Crippen LogP contribution in [0.3, 0.4) is 0 Å². The Morgan fingerprint density at radius 1 is 1.15 bits per heavy atom. The van der Waals surface area contributed by atoms with Crippen LogP contribution < -0.4 is 0 Å². The fourth-order valence-electron chi connectivity index (χ4n) is 2.24. The van der Waals surface area contributed by atoms with E-state index in [1.165, 1.54) is 15.9 Å². The first-order valence-electron chi connectivity index (χ1n) is 6.44. The van der Waals surface area contributed by atoms with Gasteiger partial charge in [-0.3, -0.25) is 9.59 Å². The zero-order valence-electron chi connectivity index (χ0n) is 11.2. The highest BCUT2D eigenvalue weighted by Gasteiger charge is 2.31. The van der Waals surface area contributed by atoms with Gasteiger partial charge in [0.25, 0.3) is 0 Å². The van der Waals surface area contributed by atoms with Crippen molar-refractivity contribution in [3.8, 4) is 0 Å². The lowest BCUT2D eigenvalue weighted by Crippen LogP contribution is -2.53. The molecule has 6 heteroatoms. The summed E-state index contributed by atoms with van der Waals surface area (Å²) in [5.41, 5.74) is 0.691. The second kappa shape index (κ2) is 5.73. The van der Waals surface area contributed by atoms with E-state index in [0.29, 0.717) is 25.2 Å². The number of rotatable bonds is 4. The minimum atomic E-state index is -1.04. The highest BCUT2D eigenvalue weighted by atomic mass is 16.4. The molecule has 1 N–H and O–H groups in total. The van der Waals surface area contributed by atoms with E-state index in [9.17, 15) is 14.4 Å². The largest absolute Gasteiger partial charge is 0.478 e. The van der Waals surface area contributed by atoms with Crippen LogP contribution in [0.1, 0.15) is 22.8 Å². The number of likely N-dealkylation sites (N-methyl/N-ethyl adjacent to an activating group) is 1. The smallest absolute Gasteiger partial charge is 0.336 e. The highest BCUT2D eigenvalue weighted by molar-refractivity contribution is 6.35. The Morgan fingerprint density at radius 3 is 2.40 bits per heavy atom. The summed E-state index contributed by atoms with van der Waals surface area (Å²) in [7, 11) is 0. The topological polar surface area (TPSA) is 77.9 Å². The fourth-order valence-corrected chi connectivity index (χ4v) is 2.24. The van der Waals surface area contributed by atoms with Crippen LogP contribution in [0.5, 0.6) is 0 Å². The number of carbonyl (C=O) groups excluding carboxylic acids is 2. The standard InChI is InChI=1S/C14H16N2O4/c1-2-15-7-8-16(13(18)12(15)17)9-10-5-3-4-6-11(10)14(19)20/h3-6H,2,7-9H2,1H3,(H,19,20). The summed E-state index contributed by atoms with van der Waals surface area (Å²) >= 11 is 0. The first-order chi connectivity index (χ1) is 9.54. The van der Waals surface area contributed by atoms with Crippen molar-refractivity contribution in [3.63, 3.8) is 0 Å². The van der Waals surface area contributed by atoms with E-state index < -0.39 is 17.8 Å². The molecule has 0 radical (unpaired) electrons. The first kappa shape index (κ1) is 14.0. The molecule has 1 aromatic carbocycles. The fraction of sp³-hybridized carbons (Fsp3) is 0.357. The molecule has 20 heavy (non-hydrogen) atoms. The maximum Gasteiger partial charge on any atom is 0.336 e.